The van der Waals surface area contributed by atoms with E-state index in [9.17, 15) is 4.79 Å². The predicted molar refractivity (Wildman–Crippen MR) is 75.9 cm³/mol. The third-order valence-corrected chi connectivity index (χ3v) is 2.55. The first-order chi connectivity index (χ1) is 9.31. The number of hydrogen-bond acceptors (Lipinski definition) is 3. The number of hydrogen-bond donors (Lipinski definition) is 1. The van der Waals surface area contributed by atoms with Gasteiger partial charge in [-0.3, -0.25) is 10.2 Å². The molecule has 0 fully saturated rings. The number of carbonyl (C=O) groups is 1. The first-order valence-electron chi connectivity index (χ1n) is 6.00. The highest BCUT2D eigenvalue weighted by atomic mass is 16.5. The van der Waals surface area contributed by atoms with E-state index in [0.29, 0.717) is 0 Å². The Morgan fingerprint density at radius 1 is 1.05 bits per heavy atom. The molecule has 0 bridgehead atoms. The Hall–Kier alpha value is -2.33. The molecule has 0 aliphatic carbocycles. The van der Waals surface area contributed by atoms with Crippen molar-refractivity contribution < 1.29 is 9.53 Å². The molecular weight excluding hydrogens is 240 g/mol. The summed E-state index contributed by atoms with van der Waals surface area (Å²) in [6, 6.07) is 18.9. The molecule has 0 radical (unpaired) electrons. The Bertz CT molecular complexity index is 514. The number of para-hydroxylation sites is 2. The minimum atomic E-state index is -0.155. The highest BCUT2D eigenvalue weighted by molar-refractivity contribution is 5.96. The van der Waals surface area contributed by atoms with Gasteiger partial charge in [-0.05, 0) is 24.3 Å². The molecular formula is C15H16N2O2. The van der Waals surface area contributed by atoms with Gasteiger partial charge in [-0.1, -0.05) is 36.4 Å². The van der Waals surface area contributed by atoms with Crippen LogP contribution in [-0.4, -0.2) is 19.6 Å². The molecule has 0 aliphatic heterocycles. The van der Waals surface area contributed by atoms with Crippen molar-refractivity contribution in [3.63, 3.8) is 0 Å². The van der Waals surface area contributed by atoms with Gasteiger partial charge in [-0.15, -0.1) is 0 Å². The largest absolute Gasteiger partial charge is 0.375 e. The summed E-state index contributed by atoms with van der Waals surface area (Å²) in [7, 11) is 1.50. The number of hydrazine groups is 1. The number of nitrogens with one attached hydrogen (secondary N) is 1. The van der Waals surface area contributed by atoms with Gasteiger partial charge in [0.1, 0.15) is 6.61 Å². The summed E-state index contributed by atoms with van der Waals surface area (Å²) in [5.41, 5.74) is 4.70. The van der Waals surface area contributed by atoms with E-state index in [2.05, 4.69) is 5.43 Å². The van der Waals surface area contributed by atoms with Gasteiger partial charge < -0.3 is 4.74 Å². The zero-order valence-corrected chi connectivity index (χ0v) is 10.7. The maximum Gasteiger partial charge on any atom is 0.271 e. The van der Waals surface area contributed by atoms with E-state index in [1.807, 2.05) is 60.7 Å². The van der Waals surface area contributed by atoms with Gasteiger partial charge in [0.15, 0.2) is 0 Å². The van der Waals surface area contributed by atoms with Gasteiger partial charge in [0.05, 0.1) is 11.4 Å². The highest BCUT2D eigenvalue weighted by Gasteiger charge is 2.15. The molecule has 1 amide bonds. The van der Waals surface area contributed by atoms with E-state index < -0.39 is 0 Å². The topological polar surface area (TPSA) is 41.6 Å². The second-order valence-electron chi connectivity index (χ2n) is 3.98. The zero-order chi connectivity index (χ0) is 13.5. The van der Waals surface area contributed by atoms with Crippen LogP contribution in [0.5, 0.6) is 0 Å². The van der Waals surface area contributed by atoms with Crippen LogP contribution >= 0.6 is 0 Å². The van der Waals surface area contributed by atoms with E-state index >= 15 is 0 Å². The highest BCUT2D eigenvalue weighted by Crippen LogP contribution is 2.16. The predicted octanol–water partition coefficient (Wildman–Crippen LogP) is 2.69. The molecule has 4 nitrogen and oxygen atoms in total. The molecule has 0 atom stereocenters. The normalized spacial score (nSPS) is 9.95. The first kappa shape index (κ1) is 13.1. The fourth-order valence-corrected chi connectivity index (χ4v) is 1.68. The Morgan fingerprint density at radius 3 is 2.21 bits per heavy atom. The van der Waals surface area contributed by atoms with Crippen molar-refractivity contribution in [1.82, 2.24) is 0 Å². The van der Waals surface area contributed by atoms with Crippen molar-refractivity contribution in [2.24, 2.45) is 0 Å². The monoisotopic (exact) mass is 256 g/mol. The molecule has 0 spiro atoms. The Balaban J connectivity index is 2.22. The molecule has 0 saturated carbocycles. The lowest BCUT2D eigenvalue weighted by Crippen LogP contribution is -2.38. The third kappa shape index (κ3) is 3.56. The molecule has 2 aromatic carbocycles. The molecule has 0 unspecified atom stereocenters. The van der Waals surface area contributed by atoms with Crippen LogP contribution in [0.25, 0.3) is 0 Å². The summed E-state index contributed by atoms with van der Waals surface area (Å²) in [4.78, 5) is 12.1. The van der Waals surface area contributed by atoms with Gasteiger partial charge >= 0.3 is 0 Å². The van der Waals surface area contributed by atoms with Crippen LogP contribution < -0.4 is 10.4 Å². The fourth-order valence-electron chi connectivity index (χ4n) is 1.68. The number of methoxy groups -OCH3 is 1. The second-order valence-corrected chi connectivity index (χ2v) is 3.98. The average molecular weight is 256 g/mol. The molecule has 19 heavy (non-hydrogen) atoms. The third-order valence-electron chi connectivity index (χ3n) is 2.55. The summed E-state index contributed by atoms with van der Waals surface area (Å²) in [5.74, 6) is -0.155. The molecule has 2 aromatic rings. The van der Waals surface area contributed by atoms with Crippen molar-refractivity contribution >= 4 is 17.3 Å². The lowest BCUT2D eigenvalue weighted by molar-refractivity contribution is -0.121. The fraction of sp³-hybridized carbons (Fsp3) is 0.133. The number of ether oxygens (including phenoxy) is 1. The van der Waals surface area contributed by atoms with Crippen LogP contribution in [0.1, 0.15) is 0 Å². The van der Waals surface area contributed by atoms with Crippen molar-refractivity contribution in [3.05, 3.63) is 60.7 Å². The zero-order valence-electron chi connectivity index (χ0n) is 10.7. The molecule has 2 rings (SSSR count). The van der Waals surface area contributed by atoms with E-state index in [4.69, 9.17) is 4.74 Å². The number of rotatable bonds is 5. The van der Waals surface area contributed by atoms with Crippen LogP contribution in [0.15, 0.2) is 60.7 Å². The van der Waals surface area contributed by atoms with Crippen LogP contribution in [0.2, 0.25) is 0 Å². The lowest BCUT2D eigenvalue weighted by atomic mass is 10.3. The number of carbonyl (C=O) groups excluding carboxylic acids is 1. The van der Waals surface area contributed by atoms with E-state index in [-0.39, 0.29) is 12.5 Å². The Kier molecular flexibility index (Phi) is 4.53. The maximum absolute atomic E-state index is 12.1. The minimum absolute atomic E-state index is 0.0225. The quantitative estimate of drug-likeness (QED) is 0.836. The summed E-state index contributed by atoms with van der Waals surface area (Å²) < 4.78 is 4.91. The van der Waals surface area contributed by atoms with E-state index in [1.54, 1.807) is 0 Å². The van der Waals surface area contributed by atoms with Gasteiger partial charge in [0.2, 0.25) is 0 Å². The maximum atomic E-state index is 12.1. The molecule has 98 valence electrons. The first-order valence-corrected chi connectivity index (χ1v) is 6.00. The second kappa shape index (κ2) is 6.56. The molecule has 1 N–H and O–H groups in total. The van der Waals surface area contributed by atoms with E-state index in [1.165, 1.54) is 12.1 Å². The van der Waals surface area contributed by atoms with Crippen molar-refractivity contribution in [1.29, 1.82) is 0 Å². The summed E-state index contributed by atoms with van der Waals surface area (Å²) >= 11 is 0. The number of benzene rings is 2. The van der Waals surface area contributed by atoms with Crippen molar-refractivity contribution in [2.75, 3.05) is 24.2 Å². The van der Waals surface area contributed by atoms with Crippen molar-refractivity contribution in [2.45, 2.75) is 0 Å². The number of nitrogens with zero attached hydrogens (tertiary/aromatic N) is 1. The van der Waals surface area contributed by atoms with Crippen LogP contribution in [0, 0.1) is 0 Å². The lowest BCUT2D eigenvalue weighted by Gasteiger charge is -2.24. The molecule has 0 saturated heterocycles. The Morgan fingerprint density at radius 2 is 1.63 bits per heavy atom. The smallest absolute Gasteiger partial charge is 0.271 e. The van der Waals surface area contributed by atoms with Gasteiger partial charge in [-0.2, -0.15) is 0 Å². The van der Waals surface area contributed by atoms with E-state index in [0.717, 1.165) is 11.4 Å². The van der Waals surface area contributed by atoms with Gasteiger partial charge in [-0.25, -0.2) is 5.01 Å². The molecule has 0 aromatic heterocycles. The van der Waals surface area contributed by atoms with Crippen LogP contribution in [0.4, 0.5) is 11.4 Å². The number of anilines is 2. The van der Waals surface area contributed by atoms with Gasteiger partial charge in [0.25, 0.3) is 5.91 Å². The average Bonchev–Trinajstić information content (AvgIpc) is 2.47. The van der Waals surface area contributed by atoms with Crippen LogP contribution in [-0.2, 0) is 9.53 Å². The summed E-state index contributed by atoms with van der Waals surface area (Å²) in [6.07, 6.45) is 0. The van der Waals surface area contributed by atoms with Crippen LogP contribution in [0.3, 0.4) is 0 Å². The van der Waals surface area contributed by atoms with Gasteiger partial charge in [0, 0.05) is 7.11 Å². The minimum Gasteiger partial charge on any atom is -0.375 e. The molecule has 0 heterocycles. The number of amides is 1. The molecule has 4 heteroatoms. The SMILES string of the molecule is COCC(=O)N(Nc1ccccc1)c1ccccc1. The summed E-state index contributed by atoms with van der Waals surface area (Å²) in [6.45, 7) is 0.0225. The van der Waals surface area contributed by atoms with Crippen molar-refractivity contribution in [3.8, 4) is 0 Å². The Labute approximate surface area is 112 Å². The standard InChI is InChI=1S/C15H16N2O2/c1-19-12-15(18)17(14-10-6-3-7-11-14)16-13-8-4-2-5-9-13/h2-11,16H,12H2,1H3. The molecule has 0 aliphatic rings. The summed E-state index contributed by atoms with van der Waals surface area (Å²) in [5, 5.41) is 1.48.